The average Bonchev–Trinajstić information content (AvgIpc) is 3.39. The number of hydrogen-bond donors (Lipinski definition) is 0. The van der Waals surface area contributed by atoms with Crippen LogP contribution >= 0.6 is 0 Å². The van der Waals surface area contributed by atoms with E-state index in [1.165, 1.54) is 173 Å². The van der Waals surface area contributed by atoms with Gasteiger partial charge in [0.2, 0.25) is 0 Å². The molecule has 0 saturated carbocycles. The molecule has 6 heteroatoms. The summed E-state index contributed by atoms with van der Waals surface area (Å²) in [5.74, 6) is -0.915. The number of esters is 3. The molecule has 0 fully saturated rings. The molecule has 0 heterocycles. The third kappa shape index (κ3) is 59.6. The normalized spacial score (nSPS) is 12.5. The van der Waals surface area contributed by atoms with Crippen molar-refractivity contribution < 1.29 is 28.6 Å². The van der Waals surface area contributed by atoms with Gasteiger partial charge >= 0.3 is 17.9 Å². The van der Waals surface area contributed by atoms with Crippen molar-refractivity contribution >= 4 is 17.9 Å². The lowest BCUT2D eigenvalue weighted by Gasteiger charge is -2.18. The Morgan fingerprint density at radius 3 is 0.863 bits per heavy atom. The van der Waals surface area contributed by atoms with Gasteiger partial charge in [-0.05, 0) is 89.9 Å². The van der Waals surface area contributed by atoms with Crippen LogP contribution in [-0.4, -0.2) is 37.2 Å². The molecule has 0 N–H and O–H groups in total. The van der Waals surface area contributed by atoms with E-state index in [4.69, 9.17) is 14.2 Å². The second-order valence-electron chi connectivity index (χ2n) is 20.9. The maximum Gasteiger partial charge on any atom is 0.306 e. The second-order valence-corrected chi connectivity index (χ2v) is 20.9. The molecular formula is C67H118O6. The molecule has 0 aromatic carbocycles. The summed E-state index contributed by atoms with van der Waals surface area (Å²) in [4.78, 5) is 38.3. The second kappa shape index (κ2) is 61.4. The van der Waals surface area contributed by atoms with Crippen molar-refractivity contribution in [2.75, 3.05) is 13.2 Å². The minimum absolute atomic E-state index is 0.0887. The molecule has 0 rings (SSSR count). The fourth-order valence-corrected chi connectivity index (χ4v) is 9.00. The number of carbonyl (C=O) groups is 3. The van der Waals surface area contributed by atoms with E-state index >= 15 is 0 Å². The Kier molecular flexibility index (Phi) is 58.7. The number of allylic oxidation sites excluding steroid dienone is 12. The molecule has 1 atom stereocenters. The minimum atomic E-state index is -0.796. The summed E-state index contributed by atoms with van der Waals surface area (Å²) in [6.45, 7) is 6.53. The van der Waals surface area contributed by atoms with Crippen LogP contribution in [0.4, 0.5) is 0 Å². The van der Waals surface area contributed by atoms with Gasteiger partial charge in [0.05, 0.1) is 0 Å². The lowest BCUT2D eigenvalue weighted by atomic mass is 10.0. The molecule has 0 saturated heterocycles. The van der Waals surface area contributed by atoms with E-state index < -0.39 is 6.10 Å². The quantitative estimate of drug-likeness (QED) is 0.0261. The van der Waals surface area contributed by atoms with Crippen molar-refractivity contribution in [1.82, 2.24) is 0 Å². The monoisotopic (exact) mass is 1020 g/mol. The molecule has 0 bridgehead atoms. The smallest absolute Gasteiger partial charge is 0.306 e. The summed E-state index contributed by atoms with van der Waals surface area (Å²) in [6.07, 6.45) is 79.0. The number of rotatable bonds is 57. The van der Waals surface area contributed by atoms with Gasteiger partial charge in [0.25, 0.3) is 0 Å². The fraction of sp³-hybridized carbons (Fsp3) is 0.776. The van der Waals surface area contributed by atoms with Crippen molar-refractivity contribution in [3.63, 3.8) is 0 Å². The van der Waals surface area contributed by atoms with Crippen LogP contribution in [-0.2, 0) is 28.6 Å². The summed E-state index contributed by atoms with van der Waals surface area (Å²) in [7, 11) is 0. The third-order valence-corrected chi connectivity index (χ3v) is 13.7. The first-order chi connectivity index (χ1) is 36.0. The van der Waals surface area contributed by atoms with Gasteiger partial charge in [-0.3, -0.25) is 14.4 Å². The topological polar surface area (TPSA) is 78.9 Å². The Labute approximate surface area is 453 Å². The maximum atomic E-state index is 12.9. The minimum Gasteiger partial charge on any atom is -0.462 e. The van der Waals surface area contributed by atoms with E-state index in [1.807, 2.05) is 0 Å². The van der Waals surface area contributed by atoms with Crippen LogP contribution in [0.5, 0.6) is 0 Å². The van der Waals surface area contributed by atoms with Gasteiger partial charge in [0, 0.05) is 19.3 Å². The van der Waals surface area contributed by atoms with E-state index in [0.717, 1.165) is 103 Å². The highest BCUT2D eigenvalue weighted by Gasteiger charge is 2.19. The van der Waals surface area contributed by atoms with E-state index in [1.54, 1.807) is 0 Å². The van der Waals surface area contributed by atoms with Gasteiger partial charge in [-0.1, -0.05) is 280 Å². The Morgan fingerprint density at radius 2 is 0.534 bits per heavy atom. The highest BCUT2D eigenvalue weighted by Crippen LogP contribution is 2.17. The van der Waals surface area contributed by atoms with Gasteiger partial charge in [0.15, 0.2) is 6.10 Å². The van der Waals surface area contributed by atoms with Gasteiger partial charge in [-0.25, -0.2) is 0 Å². The van der Waals surface area contributed by atoms with Gasteiger partial charge in [-0.2, -0.15) is 0 Å². The van der Waals surface area contributed by atoms with Gasteiger partial charge in [-0.15, -0.1) is 0 Å². The lowest BCUT2D eigenvalue weighted by molar-refractivity contribution is -0.167. The average molecular weight is 1020 g/mol. The van der Waals surface area contributed by atoms with E-state index in [2.05, 4.69) is 93.7 Å². The zero-order valence-corrected chi connectivity index (χ0v) is 48.4. The number of carbonyl (C=O) groups excluding carboxylic acids is 3. The van der Waals surface area contributed by atoms with E-state index in [0.29, 0.717) is 19.3 Å². The van der Waals surface area contributed by atoms with Crippen LogP contribution in [0.3, 0.4) is 0 Å². The Balaban J connectivity index is 4.40. The fourth-order valence-electron chi connectivity index (χ4n) is 9.00. The van der Waals surface area contributed by atoms with Crippen molar-refractivity contribution in [3.05, 3.63) is 72.9 Å². The highest BCUT2D eigenvalue weighted by molar-refractivity contribution is 5.71. The Morgan fingerprint density at radius 1 is 0.288 bits per heavy atom. The molecule has 0 spiro atoms. The predicted molar refractivity (Wildman–Crippen MR) is 316 cm³/mol. The number of hydrogen-bond acceptors (Lipinski definition) is 6. The summed E-state index contributed by atoms with van der Waals surface area (Å²) in [5.41, 5.74) is 0. The van der Waals surface area contributed by atoms with Crippen LogP contribution in [0.1, 0.15) is 316 Å². The molecule has 0 aromatic rings. The lowest BCUT2D eigenvalue weighted by Crippen LogP contribution is -2.30. The molecule has 0 aliphatic rings. The van der Waals surface area contributed by atoms with Crippen LogP contribution in [0.25, 0.3) is 0 Å². The van der Waals surface area contributed by atoms with Crippen LogP contribution in [0.2, 0.25) is 0 Å². The first kappa shape index (κ1) is 69.8. The first-order valence-corrected chi connectivity index (χ1v) is 31.4. The molecule has 73 heavy (non-hydrogen) atoms. The molecule has 0 aliphatic carbocycles. The highest BCUT2D eigenvalue weighted by atomic mass is 16.6. The van der Waals surface area contributed by atoms with E-state index in [9.17, 15) is 14.4 Å². The molecule has 0 aromatic heterocycles. The molecule has 422 valence electrons. The van der Waals surface area contributed by atoms with Crippen LogP contribution in [0, 0.1) is 0 Å². The van der Waals surface area contributed by atoms with Crippen molar-refractivity contribution in [3.8, 4) is 0 Å². The standard InChI is InChI=1S/C67H118O6/c1-4-7-10-13-16-19-22-25-28-30-32-33-35-36-39-42-45-48-51-54-57-60-66(69)72-63-64(62-71-65(68)59-56-53-50-47-44-41-38-27-24-21-18-15-12-9-6-3)73-67(70)61-58-55-52-49-46-43-40-37-34-31-29-26-23-20-17-14-11-8-5-2/h8,11,17,20,26-27,29,34,37-38,43,46,64H,4-7,9-10,12-16,18-19,21-25,28,30-33,35-36,39-42,44-45,47-63H2,1-3H3/b11-8-,20-17-,29-26-,37-34-,38-27-,46-43-/t64-/m1/s1. The Hall–Kier alpha value is -3.15. The third-order valence-electron chi connectivity index (χ3n) is 13.7. The number of ether oxygens (including phenoxy) is 3. The van der Waals surface area contributed by atoms with Crippen molar-refractivity contribution in [2.24, 2.45) is 0 Å². The first-order valence-electron chi connectivity index (χ1n) is 31.4. The van der Waals surface area contributed by atoms with Crippen LogP contribution in [0.15, 0.2) is 72.9 Å². The van der Waals surface area contributed by atoms with Crippen molar-refractivity contribution in [1.29, 1.82) is 0 Å². The Bertz CT molecular complexity index is 1360. The molecule has 6 nitrogen and oxygen atoms in total. The summed E-state index contributed by atoms with van der Waals surface area (Å²) < 4.78 is 16.9. The van der Waals surface area contributed by atoms with E-state index in [-0.39, 0.29) is 31.1 Å². The molecule has 0 amide bonds. The maximum absolute atomic E-state index is 12.9. The zero-order valence-electron chi connectivity index (χ0n) is 48.4. The molecule has 0 unspecified atom stereocenters. The summed E-state index contributed by atoms with van der Waals surface area (Å²) in [5, 5.41) is 0. The van der Waals surface area contributed by atoms with Crippen molar-refractivity contribution in [2.45, 2.75) is 322 Å². The summed E-state index contributed by atoms with van der Waals surface area (Å²) in [6, 6.07) is 0. The SMILES string of the molecule is CC/C=C\C/C=C\C/C=C\C/C=C\C/C=C\CCCCCC(=O)O[C@H](COC(=O)CCCCCCC/C=C\CCCCCCCC)COC(=O)CCCCCCCCCCCCCCCCCCCCCCC. The molecule has 0 radical (unpaired) electrons. The zero-order chi connectivity index (χ0) is 52.9. The van der Waals surface area contributed by atoms with Gasteiger partial charge in [0.1, 0.15) is 13.2 Å². The van der Waals surface area contributed by atoms with Crippen LogP contribution < -0.4 is 0 Å². The summed E-state index contributed by atoms with van der Waals surface area (Å²) >= 11 is 0. The largest absolute Gasteiger partial charge is 0.462 e. The molecule has 0 aliphatic heterocycles. The molecular weight excluding hydrogens is 901 g/mol. The van der Waals surface area contributed by atoms with Gasteiger partial charge < -0.3 is 14.2 Å². The predicted octanol–water partition coefficient (Wildman–Crippen LogP) is 21.3. The number of unbranched alkanes of at least 4 members (excludes halogenated alkanes) is 34.